The number of benzene rings is 9. The number of rotatable bonds is 5. The minimum absolute atomic E-state index is 0.113. The minimum atomic E-state index is -0.113. The van der Waals surface area contributed by atoms with Gasteiger partial charge in [0, 0.05) is 38.6 Å². The predicted octanol–water partition coefficient (Wildman–Crippen LogP) is 14.5. The first-order chi connectivity index (χ1) is 27.1. The number of aromatic nitrogens is 1. The molecular weight excluding hydrogens is 665 g/mol. The molecule has 55 heavy (non-hydrogen) atoms. The largest absolute Gasteiger partial charge is 0.310 e. The highest BCUT2D eigenvalue weighted by atomic mass is 15.1. The molecule has 2 heteroatoms. The summed E-state index contributed by atoms with van der Waals surface area (Å²) in [5, 5.41) is 7.51. The second-order valence-corrected chi connectivity index (χ2v) is 15.3. The summed E-state index contributed by atoms with van der Waals surface area (Å²) in [6.45, 7) is 4.72. The normalized spacial score (nSPS) is 13.1. The number of anilines is 3. The van der Waals surface area contributed by atoms with Gasteiger partial charge in [-0.15, -0.1) is 0 Å². The quantitative estimate of drug-likeness (QED) is 0.173. The SMILES string of the molecule is CC1(C)c2ccccc2-c2ccc(N(c3cccc(-n4c5ccccc5c5c6c(-c7ccccc7)cccc6ccc54)c3)c3cccc4ccccc34)cc21. The van der Waals surface area contributed by atoms with E-state index >= 15 is 0 Å². The molecule has 260 valence electrons. The van der Waals surface area contributed by atoms with Crippen LogP contribution in [-0.4, -0.2) is 4.57 Å². The summed E-state index contributed by atoms with van der Waals surface area (Å²) in [7, 11) is 0. The fraction of sp³-hybridized carbons (Fsp3) is 0.0566. The average Bonchev–Trinajstić information content (AvgIpc) is 3.70. The fourth-order valence-electron chi connectivity index (χ4n) is 9.41. The number of nitrogens with zero attached hydrogens (tertiary/aromatic N) is 2. The van der Waals surface area contributed by atoms with Crippen molar-refractivity contribution in [2.45, 2.75) is 19.3 Å². The van der Waals surface area contributed by atoms with Gasteiger partial charge in [-0.3, -0.25) is 0 Å². The van der Waals surface area contributed by atoms with Crippen molar-refractivity contribution >= 4 is 60.4 Å². The summed E-state index contributed by atoms with van der Waals surface area (Å²) in [6.07, 6.45) is 0. The molecule has 0 fully saturated rings. The molecule has 0 saturated heterocycles. The first-order valence-electron chi connectivity index (χ1n) is 19.2. The Labute approximate surface area is 321 Å². The lowest BCUT2D eigenvalue weighted by Gasteiger charge is -2.29. The second-order valence-electron chi connectivity index (χ2n) is 15.3. The van der Waals surface area contributed by atoms with Crippen LogP contribution in [0.5, 0.6) is 0 Å². The van der Waals surface area contributed by atoms with E-state index in [1.807, 2.05) is 0 Å². The van der Waals surface area contributed by atoms with Gasteiger partial charge in [-0.25, -0.2) is 0 Å². The van der Waals surface area contributed by atoms with Crippen molar-refractivity contribution in [3.63, 3.8) is 0 Å². The second kappa shape index (κ2) is 12.1. The van der Waals surface area contributed by atoms with Crippen molar-refractivity contribution < 1.29 is 0 Å². The standard InChI is InChI=1S/C53H38N2/c1-53(2)46-26-10-8-23-43(46)44-31-30-40(34-47(44)53)54(48-28-13-18-35-17-6-7-22-41(35)48)38-20-14-21-39(33-38)55-49-27-11-9-24-45(49)52-50(55)32-29-37-19-12-25-42(51(37)52)36-15-4-3-5-16-36/h3-34H,1-2H3. The van der Waals surface area contributed by atoms with E-state index in [1.54, 1.807) is 0 Å². The van der Waals surface area contributed by atoms with E-state index < -0.39 is 0 Å². The Morgan fingerprint density at radius 1 is 0.418 bits per heavy atom. The van der Waals surface area contributed by atoms with Crippen molar-refractivity contribution in [3.8, 4) is 27.9 Å². The van der Waals surface area contributed by atoms with Crippen LogP contribution in [0.2, 0.25) is 0 Å². The molecule has 0 amide bonds. The molecule has 0 aliphatic heterocycles. The molecule has 2 nitrogen and oxygen atoms in total. The van der Waals surface area contributed by atoms with Crippen molar-refractivity contribution in [2.24, 2.45) is 0 Å². The van der Waals surface area contributed by atoms with Crippen molar-refractivity contribution in [1.29, 1.82) is 0 Å². The molecule has 1 aliphatic rings. The van der Waals surface area contributed by atoms with Crippen LogP contribution in [0.1, 0.15) is 25.0 Å². The zero-order chi connectivity index (χ0) is 36.7. The summed E-state index contributed by atoms with van der Waals surface area (Å²) in [5.74, 6) is 0. The van der Waals surface area contributed by atoms with Crippen molar-refractivity contribution in [3.05, 3.63) is 205 Å². The zero-order valence-corrected chi connectivity index (χ0v) is 30.9. The summed E-state index contributed by atoms with van der Waals surface area (Å²) >= 11 is 0. The first kappa shape index (κ1) is 31.6. The molecule has 0 radical (unpaired) electrons. The van der Waals surface area contributed by atoms with Crippen molar-refractivity contribution in [1.82, 2.24) is 4.57 Å². The van der Waals surface area contributed by atoms with Crippen LogP contribution >= 0.6 is 0 Å². The van der Waals surface area contributed by atoms with Crippen LogP contribution in [0.3, 0.4) is 0 Å². The zero-order valence-electron chi connectivity index (χ0n) is 30.9. The van der Waals surface area contributed by atoms with Gasteiger partial charge in [-0.2, -0.15) is 0 Å². The van der Waals surface area contributed by atoms with Crippen molar-refractivity contribution in [2.75, 3.05) is 4.90 Å². The van der Waals surface area contributed by atoms with Crippen LogP contribution in [0.4, 0.5) is 17.1 Å². The summed E-state index contributed by atoms with van der Waals surface area (Å²) in [5.41, 5.74) is 14.7. The van der Waals surface area contributed by atoms with E-state index in [-0.39, 0.29) is 5.41 Å². The molecule has 1 aliphatic carbocycles. The van der Waals surface area contributed by atoms with Gasteiger partial charge >= 0.3 is 0 Å². The average molecular weight is 703 g/mol. The summed E-state index contributed by atoms with van der Waals surface area (Å²) in [6, 6.07) is 71.4. The molecule has 0 N–H and O–H groups in total. The maximum absolute atomic E-state index is 2.46. The van der Waals surface area contributed by atoms with Crippen LogP contribution in [0.25, 0.3) is 71.3 Å². The fourth-order valence-corrected chi connectivity index (χ4v) is 9.41. The van der Waals surface area contributed by atoms with Gasteiger partial charge in [0.25, 0.3) is 0 Å². The molecule has 10 aromatic rings. The first-order valence-corrected chi connectivity index (χ1v) is 19.2. The molecule has 11 rings (SSSR count). The van der Waals surface area contributed by atoms with Gasteiger partial charge in [-0.1, -0.05) is 159 Å². The van der Waals surface area contributed by atoms with Gasteiger partial charge in [-0.05, 0) is 98.1 Å². The monoisotopic (exact) mass is 702 g/mol. The Morgan fingerprint density at radius 3 is 2.00 bits per heavy atom. The highest BCUT2D eigenvalue weighted by Crippen LogP contribution is 2.51. The molecule has 0 spiro atoms. The molecular formula is C53H38N2. The predicted molar refractivity (Wildman–Crippen MR) is 233 cm³/mol. The number of hydrogen-bond acceptors (Lipinski definition) is 1. The molecule has 0 saturated carbocycles. The van der Waals surface area contributed by atoms with Crippen LogP contribution in [0, 0.1) is 0 Å². The molecule has 1 heterocycles. The van der Waals surface area contributed by atoms with Gasteiger partial charge in [0.15, 0.2) is 0 Å². The molecule has 0 bridgehead atoms. The maximum atomic E-state index is 2.46. The van der Waals surface area contributed by atoms with E-state index in [1.165, 1.54) is 76.7 Å². The van der Waals surface area contributed by atoms with Crippen LogP contribution in [-0.2, 0) is 5.41 Å². The molecule has 0 atom stereocenters. The number of para-hydroxylation sites is 1. The Balaban J connectivity index is 1.16. The lowest BCUT2D eigenvalue weighted by molar-refractivity contribution is 0.660. The van der Waals surface area contributed by atoms with E-state index in [4.69, 9.17) is 0 Å². The lowest BCUT2D eigenvalue weighted by Crippen LogP contribution is -2.16. The maximum Gasteiger partial charge on any atom is 0.0547 e. The van der Waals surface area contributed by atoms with Gasteiger partial charge < -0.3 is 9.47 Å². The van der Waals surface area contributed by atoms with Crippen LogP contribution in [0.15, 0.2) is 194 Å². The Hall–Kier alpha value is -6.90. The van der Waals surface area contributed by atoms with E-state index in [0.717, 1.165) is 22.7 Å². The van der Waals surface area contributed by atoms with E-state index in [0.29, 0.717) is 0 Å². The van der Waals surface area contributed by atoms with Gasteiger partial charge in [0.1, 0.15) is 0 Å². The van der Waals surface area contributed by atoms with Crippen LogP contribution < -0.4 is 4.90 Å². The van der Waals surface area contributed by atoms with E-state index in [2.05, 4.69) is 217 Å². The third-order valence-corrected chi connectivity index (χ3v) is 11.9. The number of fused-ring (bicyclic) bond motifs is 9. The topological polar surface area (TPSA) is 8.17 Å². The molecule has 1 aromatic heterocycles. The third kappa shape index (κ3) is 4.74. The Bertz CT molecular complexity index is 3120. The lowest BCUT2D eigenvalue weighted by atomic mass is 9.82. The van der Waals surface area contributed by atoms with Gasteiger partial charge in [0.2, 0.25) is 0 Å². The van der Waals surface area contributed by atoms with Gasteiger partial charge in [0.05, 0.1) is 16.7 Å². The Kier molecular flexibility index (Phi) is 6.93. The van der Waals surface area contributed by atoms with E-state index in [9.17, 15) is 0 Å². The summed E-state index contributed by atoms with van der Waals surface area (Å²) < 4.78 is 2.46. The summed E-state index contributed by atoms with van der Waals surface area (Å²) in [4.78, 5) is 2.46. The molecule has 9 aromatic carbocycles. The molecule has 0 unspecified atom stereocenters. The highest BCUT2D eigenvalue weighted by molar-refractivity contribution is 6.25. The smallest absolute Gasteiger partial charge is 0.0547 e. The highest BCUT2D eigenvalue weighted by Gasteiger charge is 2.36. The third-order valence-electron chi connectivity index (χ3n) is 11.9. The number of hydrogen-bond donors (Lipinski definition) is 0. The Morgan fingerprint density at radius 2 is 1.09 bits per heavy atom. The minimum Gasteiger partial charge on any atom is -0.310 e.